The molecular formula is C20H24N2O5S. The number of ether oxygens (including phenoxy) is 2. The van der Waals surface area contributed by atoms with Crippen LogP contribution in [0.4, 0.5) is 5.69 Å². The largest absolute Gasteiger partial charge is 0.459 e. The first-order chi connectivity index (χ1) is 13.3. The Morgan fingerprint density at radius 1 is 1.11 bits per heavy atom. The molecule has 1 aliphatic heterocycles. The van der Waals surface area contributed by atoms with Crippen LogP contribution in [0.3, 0.4) is 0 Å². The lowest BCUT2D eigenvalue weighted by molar-refractivity contribution is 0.0377. The zero-order chi connectivity index (χ0) is 20.3. The van der Waals surface area contributed by atoms with Crippen molar-refractivity contribution in [2.75, 3.05) is 18.0 Å². The second-order valence-electron chi connectivity index (χ2n) is 6.93. The molecule has 2 aromatic carbocycles. The first kappa shape index (κ1) is 20.2. The number of para-hydroxylation sites is 1. The summed E-state index contributed by atoms with van der Waals surface area (Å²) in [5, 5.41) is 5.47. The van der Waals surface area contributed by atoms with Gasteiger partial charge < -0.3 is 14.4 Å². The molecule has 0 unspecified atom stereocenters. The molecule has 1 heterocycles. The summed E-state index contributed by atoms with van der Waals surface area (Å²) in [7, 11) is -4.15. The van der Waals surface area contributed by atoms with Crippen LogP contribution in [-0.4, -0.2) is 33.6 Å². The summed E-state index contributed by atoms with van der Waals surface area (Å²) in [6.07, 6.45) is 1.60. The lowest BCUT2D eigenvalue weighted by atomic mass is 10.1. The van der Waals surface area contributed by atoms with Crippen molar-refractivity contribution in [1.82, 2.24) is 0 Å². The number of esters is 1. The number of hydrogen-bond acceptors (Lipinski definition) is 6. The smallest absolute Gasteiger partial charge is 0.338 e. The van der Waals surface area contributed by atoms with Gasteiger partial charge in [-0.2, -0.15) is 0 Å². The van der Waals surface area contributed by atoms with Crippen LogP contribution in [0.15, 0.2) is 47.4 Å². The Balaban J connectivity index is 2.17. The first-order valence-corrected chi connectivity index (χ1v) is 10.7. The molecule has 2 N–H and O–H groups in total. The molecule has 150 valence electrons. The fourth-order valence-corrected chi connectivity index (χ4v) is 3.80. The molecule has 1 aliphatic rings. The van der Waals surface area contributed by atoms with Gasteiger partial charge in [0.05, 0.1) is 17.4 Å². The highest BCUT2D eigenvalue weighted by Gasteiger charge is 2.28. The van der Waals surface area contributed by atoms with E-state index in [1.165, 1.54) is 6.07 Å². The van der Waals surface area contributed by atoms with Crippen LogP contribution in [0, 0.1) is 0 Å². The maximum atomic E-state index is 12.5. The standard InChI is InChI=1S/C20H24N2O5S/c1-14(2)26-20(23)15-12-17(22-10-6-7-11-22)19(18(13-15)28(21,24)25)27-16-8-4-3-5-9-16/h3-5,8-9,12-14H,6-7,10-11H2,1-2H3,(H2,21,24,25). The summed E-state index contributed by atoms with van der Waals surface area (Å²) >= 11 is 0. The van der Waals surface area contributed by atoms with Crippen LogP contribution in [0.25, 0.3) is 0 Å². The van der Waals surface area contributed by atoms with E-state index in [4.69, 9.17) is 14.6 Å². The summed E-state index contributed by atoms with van der Waals surface area (Å²) in [5.41, 5.74) is 0.642. The first-order valence-electron chi connectivity index (χ1n) is 9.15. The zero-order valence-corrected chi connectivity index (χ0v) is 16.7. The third kappa shape index (κ3) is 4.63. The summed E-state index contributed by atoms with van der Waals surface area (Å²) in [5.74, 6) is -0.00587. The summed E-state index contributed by atoms with van der Waals surface area (Å²) < 4.78 is 35.9. The molecule has 0 saturated carbocycles. The van der Waals surface area contributed by atoms with Crippen molar-refractivity contribution in [3.05, 3.63) is 48.0 Å². The number of primary sulfonamides is 1. The molecular weight excluding hydrogens is 380 g/mol. The molecule has 0 atom stereocenters. The number of nitrogens with two attached hydrogens (primary N) is 1. The maximum Gasteiger partial charge on any atom is 0.338 e. The van der Waals surface area contributed by atoms with Gasteiger partial charge in [-0.1, -0.05) is 18.2 Å². The van der Waals surface area contributed by atoms with Crippen LogP contribution >= 0.6 is 0 Å². The summed E-state index contributed by atoms with van der Waals surface area (Å²) in [6.45, 7) is 4.93. The third-order valence-corrected chi connectivity index (χ3v) is 5.25. The molecule has 0 aliphatic carbocycles. The second kappa shape index (κ2) is 8.20. The Morgan fingerprint density at radius 2 is 1.75 bits per heavy atom. The van der Waals surface area contributed by atoms with E-state index in [-0.39, 0.29) is 22.3 Å². The fraction of sp³-hybridized carbons (Fsp3) is 0.350. The highest BCUT2D eigenvalue weighted by atomic mass is 32.2. The number of carbonyl (C=O) groups excluding carboxylic acids is 1. The lowest BCUT2D eigenvalue weighted by Crippen LogP contribution is -2.22. The molecule has 0 amide bonds. The average molecular weight is 404 g/mol. The average Bonchev–Trinajstić information content (AvgIpc) is 3.15. The predicted octanol–water partition coefficient (Wildman–Crippen LogP) is 3.29. The van der Waals surface area contributed by atoms with Crippen LogP contribution < -0.4 is 14.8 Å². The maximum absolute atomic E-state index is 12.5. The van der Waals surface area contributed by atoms with Gasteiger partial charge in [-0.3, -0.25) is 0 Å². The van der Waals surface area contributed by atoms with Gasteiger partial charge in [-0.25, -0.2) is 18.4 Å². The minimum atomic E-state index is -4.15. The van der Waals surface area contributed by atoms with Crippen molar-refractivity contribution < 1.29 is 22.7 Å². The van der Waals surface area contributed by atoms with Gasteiger partial charge in [0.25, 0.3) is 0 Å². The van der Waals surface area contributed by atoms with Gasteiger partial charge in [0.15, 0.2) is 5.75 Å². The minimum absolute atomic E-state index is 0.122. The van der Waals surface area contributed by atoms with E-state index in [1.807, 2.05) is 11.0 Å². The van der Waals surface area contributed by atoms with E-state index in [0.29, 0.717) is 11.4 Å². The van der Waals surface area contributed by atoms with Crippen molar-refractivity contribution >= 4 is 21.7 Å². The third-order valence-electron chi connectivity index (χ3n) is 4.33. The molecule has 2 aromatic rings. The van der Waals surface area contributed by atoms with E-state index in [0.717, 1.165) is 25.9 Å². The molecule has 28 heavy (non-hydrogen) atoms. The van der Waals surface area contributed by atoms with E-state index in [1.54, 1.807) is 44.2 Å². The van der Waals surface area contributed by atoms with Crippen molar-refractivity contribution in [1.29, 1.82) is 0 Å². The van der Waals surface area contributed by atoms with Crippen LogP contribution in [-0.2, 0) is 14.8 Å². The normalized spacial score (nSPS) is 14.4. The minimum Gasteiger partial charge on any atom is -0.459 e. The lowest BCUT2D eigenvalue weighted by Gasteiger charge is -2.24. The summed E-state index contributed by atoms with van der Waals surface area (Å²) in [4.78, 5) is 14.2. The summed E-state index contributed by atoms with van der Waals surface area (Å²) in [6, 6.07) is 11.7. The van der Waals surface area contributed by atoms with Gasteiger partial charge in [0.2, 0.25) is 10.0 Å². The molecule has 1 fully saturated rings. The Kier molecular flexibility index (Phi) is 5.90. The Bertz CT molecular complexity index is 952. The SMILES string of the molecule is CC(C)OC(=O)c1cc(N2CCCC2)c(Oc2ccccc2)c(S(N)(=O)=O)c1. The topological polar surface area (TPSA) is 98.9 Å². The van der Waals surface area contributed by atoms with Gasteiger partial charge in [-0.15, -0.1) is 0 Å². The van der Waals surface area contributed by atoms with Crippen molar-refractivity contribution in [3.8, 4) is 11.5 Å². The van der Waals surface area contributed by atoms with Gasteiger partial charge >= 0.3 is 5.97 Å². The van der Waals surface area contributed by atoms with E-state index < -0.39 is 16.0 Å². The molecule has 7 nitrogen and oxygen atoms in total. The van der Waals surface area contributed by atoms with E-state index >= 15 is 0 Å². The molecule has 0 bridgehead atoms. The van der Waals surface area contributed by atoms with Gasteiger partial charge in [-0.05, 0) is 51.0 Å². The number of nitrogens with zero attached hydrogens (tertiary/aromatic N) is 1. The monoisotopic (exact) mass is 404 g/mol. The van der Waals surface area contributed by atoms with Crippen LogP contribution in [0.5, 0.6) is 11.5 Å². The van der Waals surface area contributed by atoms with Gasteiger partial charge in [0, 0.05) is 13.1 Å². The second-order valence-corrected chi connectivity index (χ2v) is 8.46. The quantitative estimate of drug-likeness (QED) is 0.742. The van der Waals surface area contributed by atoms with E-state index in [2.05, 4.69) is 0 Å². The predicted molar refractivity (Wildman–Crippen MR) is 106 cm³/mol. The molecule has 8 heteroatoms. The number of sulfonamides is 1. The van der Waals surface area contributed by atoms with Crippen LogP contribution in [0.1, 0.15) is 37.0 Å². The number of anilines is 1. The highest BCUT2D eigenvalue weighted by Crippen LogP contribution is 2.40. The van der Waals surface area contributed by atoms with Crippen LogP contribution in [0.2, 0.25) is 0 Å². The highest BCUT2D eigenvalue weighted by molar-refractivity contribution is 7.89. The van der Waals surface area contributed by atoms with Gasteiger partial charge in [0.1, 0.15) is 10.6 Å². The number of carbonyl (C=O) groups is 1. The Labute approximate surface area is 165 Å². The molecule has 0 aromatic heterocycles. The Hall–Kier alpha value is -2.58. The number of rotatable bonds is 6. The van der Waals surface area contributed by atoms with Crippen molar-refractivity contribution in [2.24, 2.45) is 5.14 Å². The molecule has 1 saturated heterocycles. The van der Waals surface area contributed by atoms with E-state index in [9.17, 15) is 13.2 Å². The van der Waals surface area contributed by atoms with Crippen molar-refractivity contribution in [2.45, 2.75) is 37.7 Å². The fourth-order valence-electron chi connectivity index (χ4n) is 3.10. The Morgan fingerprint density at radius 3 is 2.32 bits per heavy atom. The molecule has 0 radical (unpaired) electrons. The number of hydrogen-bond donors (Lipinski definition) is 1. The zero-order valence-electron chi connectivity index (χ0n) is 15.9. The molecule has 0 spiro atoms. The van der Waals surface area contributed by atoms with Crippen molar-refractivity contribution in [3.63, 3.8) is 0 Å². The molecule has 3 rings (SSSR count). The number of benzene rings is 2.